The maximum atomic E-state index is 11.8. The second kappa shape index (κ2) is 6.13. The zero-order chi connectivity index (χ0) is 15.4. The third kappa shape index (κ3) is 4.74. The van der Waals surface area contributed by atoms with Crippen LogP contribution in [0.5, 0.6) is 5.75 Å². The number of anilines is 1. The molecule has 1 rings (SSSR count). The summed E-state index contributed by atoms with van der Waals surface area (Å²) in [6.45, 7) is 7.17. The van der Waals surface area contributed by atoms with Gasteiger partial charge in [0.15, 0.2) is 0 Å². The molecule has 20 heavy (non-hydrogen) atoms. The molecule has 0 fully saturated rings. The molecule has 0 aromatic heterocycles. The number of nitrogen functional groups attached to an aromatic ring is 1. The predicted octanol–water partition coefficient (Wildman–Crippen LogP) is 1.70. The van der Waals surface area contributed by atoms with Crippen LogP contribution in [-0.4, -0.2) is 28.8 Å². The summed E-state index contributed by atoms with van der Waals surface area (Å²) >= 11 is 0. The molecule has 0 radical (unpaired) electrons. The molecule has 0 bridgehead atoms. The fourth-order valence-electron chi connectivity index (χ4n) is 1.39. The molecule has 5 heteroatoms. The average molecular weight is 280 g/mol. The first-order valence-corrected chi connectivity index (χ1v) is 6.63. The van der Waals surface area contributed by atoms with Gasteiger partial charge in [-0.2, -0.15) is 0 Å². The van der Waals surface area contributed by atoms with Crippen molar-refractivity contribution in [2.24, 2.45) is 0 Å². The molecule has 0 saturated heterocycles. The second-order valence-corrected chi connectivity index (χ2v) is 5.90. The molecular weight excluding hydrogens is 256 g/mol. The Morgan fingerprint density at radius 2 is 1.80 bits per heavy atom. The van der Waals surface area contributed by atoms with Crippen molar-refractivity contribution < 1.29 is 14.6 Å². The third-order valence-electron chi connectivity index (χ3n) is 3.46. The van der Waals surface area contributed by atoms with Gasteiger partial charge >= 0.3 is 0 Å². The van der Waals surface area contributed by atoms with Gasteiger partial charge < -0.3 is 20.9 Å². The van der Waals surface area contributed by atoms with E-state index in [2.05, 4.69) is 5.32 Å². The number of hydrogen-bond acceptors (Lipinski definition) is 4. The van der Waals surface area contributed by atoms with E-state index in [0.717, 1.165) is 0 Å². The van der Waals surface area contributed by atoms with E-state index in [1.54, 1.807) is 52.0 Å². The van der Waals surface area contributed by atoms with E-state index in [4.69, 9.17) is 10.5 Å². The number of benzene rings is 1. The molecule has 1 amide bonds. The monoisotopic (exact) mass is 280 g/mol. The van der Waals surface area contributed by atoms with Crippen molar-refractivity contribution in [3.05, 3.63) is 24.3 Å². The molecule has 0 aliphatic heterocycles. The molecule has 0 aliphatic rings. The minimum atomic E-state index is -1.000. The first kappa shape index (κ1) is 16.3. The Kier molecular flexibility index (Phi) is 5.00. The fourth-order valence-corrected chi connectivity index (χ4v) is 1.39. The smallest absolute Gasteiger partial charge is 0.223 e. The number of ether oxygens (including phenoxy) is 1. The van der Waals surface area contributed by atoms with Crippen LogP contribution in [0.4, 0.5) is 5.69 Å². The molecule has 0 spiro atoms. The number of aliphatic hydroxyl groups is 1. The number of amides is 1. The van der Waals surface area contributed by atoms with Crippen LogP contribution in [0.15, 0.2) is 24.3 Å². The summed E-state index contributed by atoms with van der Waals surface area (Å²) < 4.78 is 5.45. The average Bonchev–Trinajstić information content (AvgIpc) is 2.29. The summed E-state index contributed by atoms with van der Waals surface area (Å²) in [4.78, 5) is 11.8. The van der Waals surface area contributed by atoms with Crippen LogP contribution < -0.4 is 15.8 Å². The summed E-state index contributed by atoms with van der Waals surface area (Å²) in [5.41, 5.74) is 4.54. The van der Waals surface area contributed by atoms with Gasteiger partial charge in [-0.15, -0.1) is 0 Å². The first-order chi connectivity index (χ1) is 9.12. The van der Waals surface area contributed by atoms with E-state index in [0.29, 0.717) is 11.4 Å². The SMILES string of the molecule is CC(C)(O)C(C)(C)NC(=O)CCOc1ccc(N)cc1. The van der Waals surface area contributed by atoms with E-state index in [1.165, 1.54) is 0 Å². The minimum Gasteiger partial charge on any atom is -0.493 e. The van der Waals surface area contributed by atoms with Gasteiger partial charge in [-0.1, -0.05) is 0 Å². The molecule has 0 heterocycles. The predicted molar refractivity (Wildman–Crippen MR) is 79.5 cm³/mol. The third-order valence-corrected chi connectivity index (χ3v) is 3.46. The molecular formula is C15H24N2O3. The second-order valence-electron chi connectivity index (χ2n) is 5.90. The van der Waals surface area contributed by atoms with Crippen LogP contribution in [0.3, 0.4) is 0 Å². The van der Waals surface area contributed by atoms with Gasteiger partial charge in [0.1, 0.15) is 5.75 Å². The van der Waals surface area contributed by atoms with Crippen molar-refractivity contribution in [2.75, 3.05) is 12.3 Å². The highest BCUT2D eigenvalue weighted by molar-refractivity contribution is 5.77. The van der Waals surface area contributed by atoms with E-state index in [9.17, 15) is 9.90 Å². The maximum absolute atomic E-state index is 11.8. The van der Waals surface area contributed by atoms with Crippen molar-refractivity contribution in [3.8, 4) is 5.75 Å². The summed E-state index contributed by atoms with van der Waals surface area (Å²) in [5.74, 6) is 0.515. The normalized spacial score (nSPS) is 12.1. The quantitative estimate of drug-likeness (QED) is 0.692. The van der Waals surface area contributed by atoms with Gasteiger partial charge in [-0.25, -0.2) is 0 Å². The number of carbonyl (C=O) groups excluding carboxylic acids is 1. The van der Waals surface area contributed by atoms with Crippen LogP contribution in [0.2, 0.25) is 0 Å². The summed E-state index contributed by atoms with van der Waals surface area (Å²) in [6.07, 6.45) is 0.226. The molecule has 0 atom stereocenters. The molecule has 0 saturated carbocycles. The van der Waals surface area contributed by atoms with Gasteiger partial charge in [0, 0.05) is 5.69 Å². The van der Waals surface area contributed by atoms with Crippen LogP contribution in [0.25, 0.3) is 0 Å². The largest absolute Gasteiger partial charge is 0.493 e. The lowest BCUT2D eigenvalue weighted by atomic mass is 9.86. The zero-order valence-electron chi connectivity index (χ0n) is 12.6. The van der Waals surface area contributed by atoms with E-state index >= 15 is 0 Å². The van der Waals surface area contributed by atoms with Gasteiger partial charge in [0.25, 0.3) is 0 Å². The maximum Gasteiger partial charge on any atom is 0.223 e. The van der Waals surface area contributed by atoms with Crippen molar-refractivity contribution in [1.29, 1.82) is 0 Å². The highest BCUT2D eigenvalue weighted by atomic mass is 16.5. The Balaban J connectivity index is 2.39. The number of rotatable bonds is 6. The van der Waals surface area contributed by atoms with E-state index < -0.39 is 11.1 Å². The standard InChI is InChI=1S/C15H24N2O3/c1-14(2,15(3,4)19)17-13(18)9-10-20-12-7-5-11(16)6-8-12/h5-8,19H,9-10,16H2,1-4H3,(H,17,18). The van der Waals surface area contributed by atoms with Gasteiger partial charge in [0.05, 0.1) is 24.2 Å². The fraction of sp³-hybridized carbons (Fsp3) is 0.533. The lowest BCUT2D eigenvalue weighted by Gasteiger charge is -2.38. The van der Waals surface area contributed by atoms with E-state index in [1.807, 2.05) is 0 Å². The van der Waals surface area contributed by atoms with Crippen molar-refractivity contribution in [1.82, 2.24) is 5.32 Å². The Morgan fingerprint density at radius 3 is 2.30 bits per heavy atom. The minimum absolute atomic E-state index is 0.160. The molecule has 1 aromatic rings. The van der Waals surface area contributed by atoms with Crippen LogP contribution in [0, 0.1) is 0 Å². The number of hydrogen-bond donors (Lipinski definition) is 3. The van der Waals surface area contributed by atoms with Gasteiger partial charge in [-0.05, 0) is 52.0 Å². The summed E-state index contributed by atoms with van der Waals surface area (Å²) in [7, 11) is 0. The molecule has 4 N–H and O–H groups in total. The zero-order valence-corrected chi connectivity index (χ0v) is 12.6. The highest BCUT2D eigenvalue weighted by Crippen LogP contribution is 2.20. The Labute approximate surface area is 120 Å². The molecule has 0 aliphatic carbocycles. The summed E-state index contributed by atoms with van der Waals surface area (Å²) in [5, 5.41) is 12.8. The van der Waals surface area contributed by atoms with E-state index in [-0.39, 0.29) is 18.9 Å². The topological polar surface area (TPSA) is 84.6 Å². The van der Waals surface area contributed by atoms with Crippen molar-refractivity contribution in [2.45, 2.75) is 45.3 Å². The highest BCUT2D eigenvalue weighted by Gasteiger charge is 2.36. The number of carbonyl (C=O) groups is 1. The molecule has 1 aromatic carbocycles. The van der Waals surface area contributed by atoms with Gasteiger partial charge in [0.2, 0.25) is 5.91 Å². The molecule has 112 valence electrons. The number of nitrogens with one attached hydrogen (secondary N) is 1. The van der Waals surface area contributed by atoms with Crippen molar-refractivity contribution >= 4 is 11.6 Å². The van der Waals surface area contributed by atoms with Crippen LogP contribution in [-0.2, 0) is 4.79 Å². The van der Waals surface area contributed by atoms with Crippen LogP contribution in [0.1, 0.15) is 34.1 Å². The Hall–Kier alpha value is -1.75. The molecule has 0 unspecified atom stereocenters. The molecule has 5 nitrogen and oxygen atoms in total. The lowest BCUT2D eigenvalue weighted by Crippen LogP contribution is -2.57. The first-order valence-electron chi connectivity index (χ1n) is 6.63. The lowest BCUT2D eigenvalue weighted by molar-refractivity contribution is -0.126. The Morgan fingerprint density at radius 1 is 1.25 bits per heavy atom. The summed E-state index contributed by atoms with van der Waals surface area (Å²) in [6, 6.07) is 7.00. The van der Waals surface area contributed by atoms with Crippen LogP contribution >= 0.6 is 0 Å². The van der Waals surface area contributed by atoms with Crippen molar-refractivity contribution in [3.63, 3.8) is 0 Å². The Bertz CT molecular complexity index is 447. The van der Waals surface area contributed by atoms with Gasteiger partial charge in [-0.3, -0.25) is 4.79 Å². The number of nitrogens with two attached hydrogens (primary N) is 1.